The molecule has 2 N–H and O–H groups in total. The predicted molar refractivity (Wildman–Crippen MR) is 97.6 cm³/mol. The lowest BCUT2D eigenvalue weighted by Gasteiger charge is -2.21. The Morgan fingerprint density at radius 3 is 1.92 bits per heavy atom. The van der Waals surface area contributed by atoms with E-state index >= 15 is 0 Å². The maximum Gasteiger partial charge on any atom is 0.476 e. The lowest BCUT2D eigenvalue weighted by Crippen LogP contribution is -2.22. The third-order valence-electron chi connectivity index (χ3n) is 3.04. The number of aliphatic imine (C=N–C) groups is 1. The molecule has 0 rings (SSSR count). The SMILES string of the molecule is C/N=C(C(=O)O)\C(C)=C(\C)NCOP(=O)(OCC(C)C)OCC(C)C. The summed E-state index contributed by atoms with van der Waals surface area (Å²) in [6.45, 7) is 11.4. The summed E-state index contributed by atoms with van der Waals surface area (Å²) in [6.07, 6.45) is 0. The van der Waals surface area contributed by atoms with Crippen LogP contribution in [0.1, 0.15) is 41.5 Å². The van der Waals surface area contributed by atoms with Crippen molar-refractivity contribution in [1.82, 2.24) is 5.32 Å². The lowest BCUT2D eigenvalue weighted by atomic mass is 10.1. The van der Waals surface area contributed by atoms with Gasteiger partial charge in [0.25, 0.3) is 0 Å². The third-order valence-corrected chi connectivity index (χ3v) is 4.41. The zero-order valence-corrected chi connectivity index (χ0v) is 17.1. The van der Waals surface area contributed by atoms with Crippen LogP contribution in [-0.2, 0) is 22.9 Å². The molecule has 146 valence electrons. The number of phosphoric acid groups is 1. The standard InChI is InChI=1S/C16H31N2O6P/c1-11(2)8-22-25(21,23-9-12(3)4)24-10-18-14(6)13(5)15(17-7)16(19)20/h11-12,18H,8-10H2,1-7H3,(H,19,20)/b14-13-,17-15+. The molecule has 9 heteroatoms. The van der Waals surface area contributed by atoms with Crippen LogP contribution in [0.15, 0.2) is 16.3 Å². The zero-order chi connectivity index (χ0) is 19.6. The van der Waals surface area contributed by atoms with Gasteiger partial charge in [0.05, 0.1) is 13.2 Å². The van der Waals surface area contributed by atoms with E-state index in [2.05, 4.69) is 10.3 Å². The molecule has 0 radical (unpaired) electrons. The molecule has 0 spiro atoms. The second-order valence-corrected chi connectivity index (χ2v) is 8.07. The average Bonchev–Trinajstić information content (AvgIpc) is 2.51. The lowest BCUT2D eigenvalue weighted by molar-refractivity contribution is -0.129. The Morgan fingerprint density at radius 1 is 1.08 bits per heavy atom. The van der Waals surface area contributed by atoms with Crippen LogP contribution in [-0.4, -0.2) is 43.8 Å². The molecule has 0 bridgehead atoms. The molecule has 8 nitrogen and oxygen atoms in total. The molecule has 0 saturated heterocycles. The third kappa shape index (κ3) is 9.75. The van der Waals surface area contributed by atoms with Crippen LogP contribution in [0, 0.1) is 11.8 Å². The Balaban J connectivity index is 4.88. The van der Waals surface area contributed by atoms with Crippen LogP contribution in [0.4, 0.5) is 0 Å². The number of nitrogens with zero attached hydrogens (tertiary/aromatic N) is 1. The van der Waals surface area contributed by atoms with Crippen LogP contribution in [0.3, 0.4) is 0 Å². The fourth-order valence-electron chi connectivity index (χ4n) is 1.55. The van der Waals surface area contributed by atoms with Crippen LogP contribution in [0.5, 0.6) is 0 Å². The van der Waals surface area contributed by atoms with E-state index in [1.807, 2.05) is 27.7 Å². The van der Waals surface area contributed by atoms with E-state index in [-0.39, 0.29) is 37.5 Å². The monoisotopic (exact) mass is 378 g/mol. The molecule has 0 amide bonds. The van der Waals surface area contributed by atoms with Crippen molar-refractivity contribution in [2.75, 3.05) is 27.0 Å². The molecule has 0 saturated carbocycles. The van der Waals surface area contributed by atoms with Gasteiger partial charge < -0.3 is 10.4 Å². The molecule has 0 aromatic heterocycles. The summed E-state index contributed by atoms with van der Waals surface area (Å²) in [6, 6.07) is 0. The second kappa shape index (κ2) is 11.4. The number of hydrogen-bond donors (Lipinski definition) is 2. The van der Waals surface area contributed by atoms with Gasteiger partial charge in [-0.05, 0) is 25.7 Å². The first-order chi connectivity index (χ1) is 11.5. The molecular formula is C16H31N2O6P. The van der Waals surface area contributed by atoms with Crippen molar-refractivity contribution >= 4 is 19.5 Å². The van der Waals surface area contributed by atoms with Gasteiger partial charge >= 0.3 is 13.8 Å². The van der Waals surface area contributed by atoms with Crippen molar-refractivity contribution in [3.63, 3.8) is 0 Å². The summed E-state index contributed by atoms with van der Waals surface area (Å²) in [5.41, 5.74) is 0.946. The Morgan fingerprint density at radius 2 is 1.56 bits per heavy atom. The number of carbonyl (C=O) groups is 1. The van der Waals surface area contributed by atoms with Crippen molar-refractivity contribution in [2.45, 2.75) is 41.5 Å². The molecular weight excluding hydrogens is 347 g/mol. The van der Waals surface area contributed by atoms with Gasteiger partial charge in [0.15, 0.2) is 0 Å². The fourth-order valence-corrected chi connectivity index (χ4v) is 2.95. The Kier molecular flexibility index (Phi) is 10.9. The van der Waals surface area contributed by atoms with Crippen molar-refractivity contribution in [1.29, 1.82) is 0 Å². The van der Waals surface area contributed by atoms with Crippen LogP contribution >= 0.6 is 7.82 Å². The van der Waals surface area contributed by atoms with Gasteiger partial charge in [-0.25, -0.2) is 9.36 Å². The highest BCUT2D eigenvalue weighted by Crippen LogP contribution is 2.49. The summed E-state index contributed by atoms with van der Waals surface area (Å²) in [5, 5.41) is 11.9. The van der Waals surface area contributed by atoms with E-state index in [1.165, 1.54) is 7.05 Å². The van der Waals surface area contributed by atoms with Gasteiger partial charge in [-0.1, -0.05) is 27.7 Å². The van der Waals surface area contributed by atoms with E-state index < -0.39 is 13.8 Å². The van der Waals surface area contributed by atoms with Gasteiger partial charge in [0.2, 0.25) is 0 Å². The van der Waals surface area contributed by atoms with Gasteiger partial charge in [-0.15, -0.1) is 0 Å². The highest BCUT2D eigenvalue weighted by molar-refractivity contribution is 7.48. The minimum absolute atomic E-state index is 0.0553. The second-order valence-electron chi connectivity index (χ2n) is 6.40. The largest absolute Gasteiger partial charge is 0.477 e. The average molecular weight is 378 g/mol. The number of carboxylic acids is 1. The maximum absolute atomic E-state index is 12.6. The van der Waals surface area contributed by atoms with Crippen LogP contribution in [0.25, 0.3) is 0 Å². The maximum atomic E-state index is 12.6. The number of nitrogens with one attached hydrogen (secondary N) is 1. The van der Waals surface area contributed by atoms with Crippen molar-refractivity contribution in [3.8, 4) is 0 Å². The number of carboxylic acid groups (broad SMARTS) is 1. The van der Waals surface area contributed by atoms with E-state index in [1.54, 1.807) is 13.8 Å². The van der Waals surface area contributed by atoms with Gasteiger partial charge in [-0.3, -0.25) is 18.6 Å². The van der Waals surface area contributed by atoms with Crippen LogP contribution < -0.4 is 5.32 Å². The fraction of sp³-hybridized carbons (Fsp3) is 0.750. The summed E-state index contributed by atoms with van der Waals surface area (Å²) < 4.78 is 28.6. The molecule has 0 unspecified atom stereocenters. The molecule has 0 aliphatic heterocycles. The van der Waals surface area contributed by atoms with E-state index in [4.69, 9.17) is 18.7 Å². The van der Waals surface area contributed by atoms with E-state index in [0.29, 0.717) is 11.3 Å². The number of phosphoric ester groups is 1. The topological polar surface area (TPSA) is 106 Å². The van der Waals surface area contributed by atoms with Crippen LogP contribution in [0.2, 0.25) is 0 Å². The number of aliphatic carboxylic acids is 1. The predicted octanol–water partition coefficient (Wildman–Crippen LogP) is 3.45. The first-order valence-corrected chi connectivity index (χ1v) is 9.63. The molecule has 0 atom stereocenters. The van der Waals surface area contributed by atoms with Crippen molar-refractivity contribution in [2.24, 2.45) is 16.8 Å². The van der Waals surface area contributed by atoms with E-state index in [0.717, 1.165) is 0 Å². The number of allylic oxidation sites excluding steroid dienone is 1. The Labute approximate surface area is 150 Å². The highest BCUT2D eigenvalue weighted by Gasteiger charge is 2.27. The number of hydrogen-bond acceptors (Lipinski definition) is 7. The molecule has 0 aromatic rings. The van der Waals surface area contributed by atoms with Gasteiger partial charge in [0.1, 0.15) is 12.4 Å². The normalized spacial score (nSPS) is 14.0. The molecule has 0 aliphatic carbocycles. The minimum atomic E-state index is -3.69. The molecule has 0 heterocycles. The van der Waals surface area contributed by atoms with E-state index in [9.17, 15) is 9.36 Å². The number of rotatable bonds is 12. The first-order valence-electron chi connectivity index (χ1n) is 8.17. The first kappa shape index (κ1) is 23.8. The Bertz CT molecular complexity index is 527. The van der Waals surface area contributed by atoms with Gasteiger partial charge in [0, 0.05) is 18.3 Å². The minimum Gasteiger partial charge on any atom is -0.477 e. The zero-order valence-electron chi connectivity index (χ0n) is 16.2. The summed E-state index contributed by atoms with van der Waals surface area (Å²) in [5.74, 6) is -0.765. The quantitative estimate of drug-likeness (QED) is 0.304. The summed E-state index contributed by atoms with van der Waals surface area (Å²) >= 11 is 0. The Hall–Kier alpha value is -1.21. The van der Waals surface area contributed by atoms with Crippen molar-refractivity contribution < 1.29 is 28.0 Å². The highest BCUT2D eigenvalue weighted by atomic mass is 31.2. The molecule has 0 aliphatic rings. The molecule has 25 heavy (non-hydrogen) atoms. The molecule has 0 fully saturated rings. The summed E-state index contributed by atoms with van der Waals surface area (Å²) in [4.78, 5) is 14.8. The van der Waals surface area contributed by atoms with Crippen molar-refractivity contribution in [3.05, 3.63) is 11.3 Å². The smallest absolute Gasteiger partial charge is 0.476 e. The van der Waals surface area contributed by atoms with Gasteiger partial charge in [-0.2, -0.15) is 0 Å². The summed E-state index contributed by atoms with van der Waals surface area (Å²) in [7, 11) is -2.29. The molecule has 0 aromatic carbocycles.